The fourth-order valence-corrected chi connectivity index (χ4v) is 1.66. The molecule has 6 heteroatoms. The Kier molecular flexibility index (Phi) is 4.70. The molecule has 1 rings (SSSR count). The minimum absolute atomic E-state index is 0.302. The van der Waals surface area contributed by atoms with E-state index in [4.69, 9.17) is 5.73 Å². The first-order chi connectivity index (χ1) is 8.27. The Morgan fingerprint density at radius 1 is 1.33 bits per heavy atom. The van der Waals surface area contributed by atoms with E-state index in [2.05, 4.69) is 0 Å². The minimum atomic E-state index is -4.56. The zero-order chi connectivity index (χ0) is 13.9. The van der Waals surface area contributed by atoms with Gasteiger partial charge in [0.1, 0.15) is 5.82 Å². The molecule has 0 spiro atoms. The Labute approximate surface area is 102 Å². The van der Waals surface area contributed by atoms with Gasteiger partial charge in [0.25, 0.3) is 0 Å². The molecule has 1 aromatic carbocycles. The molecule has 102 valence electrons. The topological polar surface area (TPSA) is 46.2 Å². The molecule has 0 radical (unpaired) electrons. The molecule has 0 heterocycles. The van der Waals surface area contributed by atoms with Gasteiger partial charge in [0.05, 0.1) is 17.7 Å². The van der Waals surface area contributed by atoms with Gasteiger partial charge in [0, 0.05) is 5.56 Å². The smallest absolute Gasteiger partial charge is 0.391 e. The number of alkyl halides is 3. The van der Waals surface area contributed by atoms with Crippen molar-refractivity contribution in [3.63, 3.8) is 0 Å². The third-order valence-corrected chi connectivity index (χ3v) is 2.68. The predicted molar refractivity (Wildman–Crippen MR) is 59.2 cm³/mol. The fraction of sp³-hybridized carbons (Fsp3) is 0.500. The summed E-state index contributed by atoms with van der Waals surface area (Å²) in [6.07, 6.45) is -4.71. The first-order valence-electron chi connectivity index (χ1n) is 5.57. The van der Waals surface area contributed by atoms with E-state index >= 15 is 0 Å². The maximum Gasteiger partial charge on any atom is 0.416 e. The largest absolute Gasteiger partial charge is 0.416 e. The average molecular weight is 265 g/mol. The standard InChI is InChI=1S/C12H15F4NO/c1-2-3-10(18)11(17)8-6-7(12(14,15)16)4-5-9(8)13/h4-6,10-11,18H,2-3,17H2,1H3/t10-,11+/m0/s1. The summed E-state index contributed by atoms with van der Waals surface area (Å²) < 4.78 is 50.9. The molecule has 3 N–H and O–H groups in total. The van der Waals surface area contributed by atoms with Crippen LogP contribution in [0.25, 0.3) is 0 Å². The molecule has 0 amide bonds. The molecule has 0 saturated carbocycles. The summed E-state index contributed by atoms with van der Waals surface area (Å²) in [5.74, 6) is -0.842. The van der Waals surface area contributed by atoms with Gasteiger partial charge in [-0.2, -0.15) is 13.2 Å². The number of aliphatic hydroxyl groups excluding tert-OH is 1. The summed E-state index contributed by atoms with van der Waals surface area (Å²) in [5.41, 5.74) is 4.29. The summed E-state index contributed by atoms with van der Waals surface area (Å²) in [6.45, 7) is 1.79. The van der Waals surface area contributed by atoms with Crippen LogP contribution in [0.2, 0.25) is 0 Å². The number of aliphatic hydroxyl groups is 1. The van der Waals surface area contributed by atoms with Crippen molar-refractivity contribution in [2.24, 2.45) is 5.73 Å². The van der Waals surface area contributed by atoms with Gasteiger partial charge >= 0.3 is 6.18 Å². The molecular formula is C12H15F4NO. The Balaban J connectivity index is 3.08. The van der Waals surface area contributed by atoms with Gasteiger partial charge in [-0.05, 0) is 24.6 Å². The van der Waals surface area contributed by atoms with Gasteiger partial charge in [-0.1, -0.05) is 13.3 Å². The van der Waals surface area contributed by atoms with Crippen molar-refractivity contribution in [2.75, 3.05) is 0 Å². The summed E-state index contributed by atoms with van der Waals surface area (Å²) >= 11 is 0. The normalized spacial score (nSPS) is 15.5. The van der Waals surface area contributed by atoms with Gasteiger partial charge in [-0.25, -0.2) is 4.39 Å². The number of hydrogen-bond acceptors (Lipinski definition) is 2. The lowest BCUT2D eigenvalue weighted by molar-refractivity contribution is -0.137. The van der Waals surface area contributed by atoms with E-state index in [-0.39, 0.29) is 5.56 Å². The highest BCUT2D eigenvalue weighted by Gasteiger charge is 2.32. The highest BCUT2D eigenvalue weighted by Crippen LogP contribution is 2.32. The van der Waals surface area contributed by atoms with Gasteiger partial charge in [0.2, 0.25) is 0 Å². The maximum absolute atomic E-state index is 13.5. The Morgan fingerprint density at radius 3 is 2.44 bits per heavy atom. The molecule has 0 unspecified atom stereocenters. The van der Waals surface area contributed by atoms with Crippen LogP contribution < -0.4 is 5.73 Å². The first kappa shape index (κ1) is 14.9. The second-order valence-electron chi connectivity index (χ2n) is 4.12. The molecule has 1 aromatic rings. The van der Waals surface area contributed by atoms with E-state index < -0.39 is 29.7 Å². The van der Waals surface area contributed by atoms with Crippen LogP contribution in [0, 0.1) is 5.82 Å². The molecular weight excluding hydrogens is 250 g/mol. The van der Waals surface area contributed by atoms with Crippen molar-refractivity contribution in [2.45, 2.75) is 38.1 Å². The lowest BCUT2D eigenvalue weighted by Gasteiger charge is -2.20. The Hall–Kier alpha value is -1.14. The molecule has 0 aliphatic carbocycles. The summed E-state index contributed by atoms with van der Waals surface area (Å²) in [5, 5.41) is 9.62. The molecule has 2 nitrogen and oxygen atoms in total. The van der Waals surface area contributed by atoms with Crippen LogP contribution in [-0.4, -0.2) is 11.2 Å². The van der Waals surface area contributed by atoms with E-state index in [1.807, 2.05) is 0 Å². The van der Waals surface area contributed by atoms with Gasteiger partial charge in [-0.15, -0.1) is 0 Å². The zero-order valence-electron chi connectivity index (χ0n) is 9.84. The monoisotopic (exact) mass is 265 g/mol. The lowest BCUT2D eigenvalue weighted by Crippen LogP contribution is -2.27. The number of halogens is 4. The van der Waals surface area contributed by atoms with Crippen molar-refractivity contribution < 1.29 is 22.7 Å². The summed E-state index contributed by atoms with van der Waals surface area (Å²) in [4.78, 5) is 0. The zero-order valence-corrected chi connectivity index (χ0v) is 9.84. The van der Waals surface area contributed by atoms with Crippen LogP contribution in [-0.2, 0) is 6.18 Å². The van der Waals surface area contributed by atoms with E-state index in [9.17, 15) is 22.7 Å². The van der Waals surface area contributed by atoms with Gasteiger partial charge in [-0.3, -0.25) is 0 Å². The van der Waals surface area contributed by atoms with E-state index in [1.54, 1.807) is 6.92 Å². The SMILES string of the molecule is CCC[C@H](O)[C@H](N)c1cc(C(F)(F)F)ccc1F. The number of nitrogens with two attached hydrogens (primary N) is 1. The van der Waals surface area contributed by atoms with Gasteiger partial charge < -0.3 is 10.8 Å². The van der Waals surface area contributed by atoms with Crippen molar-refractivity contribution >= 4 is 0 Å². The number of hydrogen-bond donors (Lipinski definition) is 2. The van der Waals surface area contributed by atoms with Crippen molar-refractivity contribution in [3.05, 3.63) is 35.1 Å². The second kappa shape index (κ2) is 5.67. The van der Waals surface area contributed by atoms with Crippen molar-refractivity contribution in [1.82, 2.24) is 0 Å². The molecule has 0 aromatic heterocycles. The lowest BCUT2D eigenvalue weighted by atomic mass is 9.97. The van der Waals surface area contributed by atoms with E-state index in [1.165, 1.54) is 0 Å². The molecule has 0 bridgehead atoms. The molecule has 0 aliphatic rings. The van der Waals surface area contributed by atoms with Crippen LogP contribution in [0.15, 0.2) is 18.2 Å². The molecule has 2 atom stereocenters. The summed E-state index contributed by atoms with van der Waals surface area (Å²) in [7, 11) is 0. The third kappa shape index (κ3) is 3.43. The minimum Gasteiger partial charge on any atom is -0.391 e. The van der Waals surface area contributed by atoms with Crippen molar-refractivity contribution in [1.29, 1.82) is 0 Å². The molecule has 0 aliphatic heterocycles. The quantitative estimate of drug-likeness (QED) is 0.822. The van der Waals surface area contributed by atoms with Crippen LogP contribution in [0.5, 0.6) is 0 Å². The van der Waals surface area contributed by atoms with E-state index in [0.717, 1.165) is 6.07 Å². The van der Waals surface area contributed by atoms with Crippen LogP contribution in [0.3, 0.4) is 0 Å². The highest BCUT2D eigenvalue weighted by atomic mass is 19.4. The van der Waals surface area contributed by atoms with Crippen molar-refractivity contribution in [3.8, 4) is 0 Å². The molecule has 0 fully saturated rings. The first-order valence-corrected chi connectivity index (χ1v) is 5.57. The van der Waals surface area contributed by atoms with Crippen LogP contribution in [0.1, 0.15) is 36.9 Å². The number of benzene rings is 1. The Bertz CT molecular complexity index is 406. The third-order valence-electron chi connectivity index (χ3n) is 2.68. The predicted octanol–water partition coefficient (Wildman–Crippen LogP) is 3.01. The van der Waals surface area contributed by atoms with Gasteiger partial charge in [0.15, 0.2) is 0 Å². The maximum atomic E-state index is 13.5. The fourth-order valence-electron chi connectivity index (χ4n) is 1.66. The summed E-state index contributed by atoms with van der Waals surface area (Å²) in [6, 6.07) is 0.861. The highest BCUT2D eigenvalue weighted by molar-refractivity contribution is 5.30. The average Bonchev–Trinajstić information content (AvgIpc) is 2.27. The molecule has 18 heavy (non-hydrogen) atoms. The second-order valence-corrected chi connectivity index (χ2v) is 4.12. The molecule has 0 saturated heterocycles. The van der Waals surface area contributed by atoms with Crippen LogP contribution >= 0.6 is 0 Å². The van der Waals surface area contributed by atoms with E-state index in [0.29, 0.717) is 25.0 Å². The Morgan fingerprint density at radius 2 is 1.94 bits per heavy atom. The van der Waals surface area contributed by atoms with Crippen LogP contribution in [0.4, 0.5) is 17.6 Å². The number of rotatable bonds is 4.